The molecule has 0 spiro atoms. The molecule has 0 heterocycles. The number of aryl methyl sites for hydroxylation is 1. The molecule has 0 bridgehead atoms. The Morgan fingerprint density at radius 3 is 2.21 bits per heavy atom. The van der Waals surface area contributed by atoms with Gasteiger partial charge < -0.3 is 9.84 Å². The van der Waals surface area contributed by atoms with Crippen molar-refractivity contribution >= 4 is 17.7 Å². The van der Waals surface area contributed by atoms with E-state index in [9.17, 15) is 14.0 Å². The van der Waals surface area contributed by atoms with Crippen molar-refractivity contribution < 1.29 is 23.8 Å². The van der Waals surface area contributed by atoms with Crippen LogP contribution in [0.2, 0.25) is 0 Å². The third kappa shape index (κ3) is 3.45. The van der Waals surface area contributed by atoms with Gasteiger partial charge in [-0.2, -0.15) is 0 Å². The van der Waals surface area contributed by atoms with Crippen molar-refractivity contribution in [1.82, 2.24) is 0 Å². The molecule has 0 unspecified atom stereocenters. The average Bonchev–Trinajstić information content (AvgIpc) is 3.02. The van der Waals surface area contributed by atoms with Gasteiger partial charge in [0.25, 0.3) is 0 Å². The molecule has 4 rings (SSSR count). The van der Waals surface area contributed by atoms with Gasteiger partial charge in [-0.1, -0.05) is 48.5 Å². The lowest BCUT2D eigenvalue weighted by Gasteiger charge is -2.15. The van der Waals surface area contributed by atoms with E-state index in [1.165, 1.54) is 6.07 Å². The van der Waals surface area contributed by atoms with Crippen molar-refractivity contribution in [1.29, 1.82) is 0 Å². The highest BCUT2D eigenvalue weighted by atomic mass is 19.1. The maximum Gasteiger partial charge on any atom is 0.411 e. The van der Waals surface area contributed by atoms with Crippen molar-refractivity contribution in [3.8, 4) is 11.1 Å². The number of carboxylic acids is 1. The van der Waals surface area contributed by atoms with Gasteiger partial charge in [-0.05, 0) is 46.9 Å². The smallest absolute Gasteiger partial charge is 0.411 e. The number of rotatable bonds is 4. The van der Waals surface area contributed by atoms with Crippen molar-refractivity contribution in [2.24, 2.45) is 0 Å². The second-order valence-electron chi connectivity index (χ2n) is 6.90. The van der Waals surface area contributed by atoms with E-state index in [2.05, 4.69) is 5.32 Å². The molecule has 3 aromatic rings. The van der Waals surface area contributed by atoms with Crippen LogP contribution in [-0.4, -0.2) is 23.8 Å². The van der Waals surface area contributed by atoms with Gasteiger partial charge in [0.2, 0.25) is 0 Å². The van der Waals surface area contributed by atoms with Crippen LogP contribution in [0.3, 0.4) is 0 Å². The fourth-order valence-corrected chi connectivity index (χ4v) is 3.72. The summed E-state index contributed by atoms with van der Waals surface area (Å²) in [5, 5.41) is 11.5. The molecule has 0 aromatic heterocycles. The Morgan fingerprint density at radius 2 is 1.62 bits per heavy atom. The first-order valence-electron chi connectivity index (χ1n) is 9.11. The van der Waals surface area contributed by atoms with Crippen LogP contribution in [0.25, 0.3) is 11.1 Å². The summed E-state index contributed by atoms with van der Waals surface area (Å²) in [6.07, 6.45) is -0.725. The average molecular weight is 391 g/mol. The maximum absolute atomic E-state index is 13.9. The predicted molar refractivity (Wildman–Crippen MR) is 107 cm³/mol. The molecule has 1 aliphatic rings. The van der Waals surface area contributed by atoms with Gasteiger partial charge in [0, 0.05) is 11.6 Å². The van der Waals surface area contributed by atoms with Crippen LogP contribution < -0.4 is 5.32 Å². The number of carbonyl (C=O) groups is 2. The fourth-order valence-electron chi connectivity index (χ4n) is 3.72. The molecule has 1 aliphatic carbocycles. The third-order valence-corrected chi connectivity index (χ3v) is 5.12. The Labute approximate surface area is 166 Å². The molecule has 0 radical (unpaired) electrons. The third-order valence-electron chi connectivity index (χ3n) is 5.12. The summed E-state index contributed by atoms with van der Waals surface area (Å²) < 4.78 is 19.3. The number of hydrogen-bond acceptors (Lipinski definition) is 3. The predicted octanol–water partition coefficient (Wildman–Crippen LogP) is 5.19. The van der Waals surface area contributed by atoms with Crippen LogP contribution in [0.1, 0.15) is 33.0 Å². The zero-order valence-electron chi connectivity index (χ0n) is 15.6. The minimum atomic E-state index is -1.36. The van der Waals surface area contributed by atoms with Gasteiger partial charge in [0.05, 0.1) is 5.56 Å². The number of nitrogens with one attached hydrogen (secondary N) is 1. The number of anilines is 1. The van der Waals surface area contributed by atoms with Gasteiger partial charge in [-0.3, -0.25) is 5.32 Å². The number of hydrogen-bond donors (Lipinski definition) is 2. The maximum atomic E-state index is 13.9. The van der Waals surface area contributed by atoms with E-state index in [0.29, 0.717) is 5.56 Å². The minimum Gasteiger partial charge on any atom is -0.478 e. The minimum absolute atomic E-state index is 0.0830. The molecule has 0 atom stereocenters. The van der Waals surface area contributed by atoms with Crippen LogP contribution in [0.15, 0.2) is 60.7 Å². The van der Waals surface area contributed by atoms with E-state index >= 15 is 0 Å². The Kier molecular flexibility index (Phi) is 4.76. The second-order valence-corrected chi connectivity index (χ2v) is 6.90. The fraction of sp³-hybridized carbons (Fsp3) is 0.130. The second kappa shape index (κ2) is 7.39. The standard InChI is InChI=1S/C23H18FNO4/c1-13-10-18(22(26)27)20(24)11-21(13)25-23(28)29-12-19-16-8-4-2-6-14(16)15-7-3-5-9-17(15)19/h2-11,19H,12H2,1H3,(H,25,28)(H,26,27). The molecule has 146 valence electrons. The molecule has 6 heteroatoms. The summed E-state index contributed by atoms with van der Waals surface area (Å²) in [5.74, 6) is -2.37. The molecule has 0 saturated heterocycles. The van der Waals surface area contributed by atoms with Gasteiger partial charge >= 0.3 is 12.1 Å². The summed E-state index contributed by atoms with van der Waals surface area (Å²) in [6, 6.07) is 18.2. The van der Waals surface area contributed by atoms with Crippen LogP contribution in [0.5, 0.6) is 0 Å². The van der Waals surface area contributed by atoms with E-state index < -0.39 is 23.4 Å². The molecule has 29 heavy (non-hydrogen) atoms. The monoisotopic (exact) mass is 391 g/mol. The Bertz CT molecular complexity index is 1080. The highest BCUT2D eigenvalue weighted by molar-refractivity contribution is 5.91. The summed E-state index contributed by atoms with van der Waals surface area (Å²) in [4.78, 5) is 23.3. The number of fused-ring (bicyclic) bond motifs is 3. The molecule has 0 fully saturated rings. The van der Waals surface area contributed by atoms with Crippen molar-refractivity contribution in [2.75, 3.05) is 11.9 Å². The quantitative estimate of drug-likeness (QED) is 0.641. The van der Waals surface area contributed by atoms with Gasteiger partial charge in [0.1, 0.15) is 12.4 Å². The van der Waals surface area contributed by atoms with Crippen molar-refractivity contribution in [3.63, 3.8) is 0 Å². The lowest BCUT2D eigenvalue weighted by molar-refractivity contribution is 0.0691. The number of amides is 1. The Morgan fingerprint density at radius 1 is 1.03 bits per heavy atom. The molecule has 2 N–H and O–H groups in total. The summed E-state index contributed by atoms with van der Waals surface area (Å²) in [6.45, 7) is 1.72. The zero-order valence-corrected chi connectivity index (χ0v) is 15.6. The van der Waals surface area contributed by atoms with Crippen LogP contribution >= 0.6 is 0 Å². The first-order chi connectivity index (χ1) is 14.0. The molecule has 0 aliphatic heterocycles. The summed E-state index contributed by atoms with van der Waals surface area (Å²) >= 11 is 0. The van der Waals surface area contributed by atoms with Gasteiger partial charge in [0.15, 0.2) is 0 Å². The topological polar surface area (TPSA) is 75.6 Å². The van der Waals surface area contributed by atoms with E-state index in [4.69, 9.17) is 9.84 Å². The first-order valence-corrected chi connectivity index (χ1v) is 9.11. The number of aromatic carboxylic acids is 1. The molecule has 1 amide bonds. The molecular weight excluding hydrogens is 373 g/mol. The van der Waals surface area contributed by atoms with E-state index in [1.54, 1.807) is 6.92 Å². The van der Waals surface area contributed by atoms with Crippen LogP contribution in [-0.2, 0) is 4.74 Å². The van der Waals surface area contributed by atoms with Crippen molar-refractivity contribution in [2.45, 2.75) is 12.8 Å². The largest absolute Gasteiger partial charge is 0.478 e. The number of ether oxygens (including phenoxy) is 1. The highest BCUT2D eigenvalue weighted by Crippen LogP contribution is 2.44. The number of benzene rings is 3. The van der Waals surface area contributed by atoms with E-state index in [0.717, 1.165) is 28.3 Å². The molecule has 3 aromatic carbocycles. The van der Waals surface area contributed by atoms with Gasteiger partial charge in [-0.25, -0.2) is 14.0 Å². The Balaban J connectivity index is 1.50. The molecule has 5 nitrogen and oxygen atoms in total. The van der Waals surface area contributed by atoms with Crippen molar-refractivity contribution in [3.05, 3.63) is 88.7 Å². The SMILES string of the molecule is Cc1cc(C(=O)O)c(F)cc1NC(=O)OCC1c2ccccc2-c2ccccc21. The van der Waals surface area contributed by atoms with Crippen LogP contribution in [0, 0.1) is 12.7 Å². The lowest BCUT2D eigenvalue weighted by atomic mass is 9.98. The number of carbonyl (C=O) groups excluding carboxylic acids is 1. The Hall–Kier alpha value is -3.67. The van der Waals surface area contributed by atoms with Crippen LogP contribution in [0.4, 0.5) is 14.9 Å². The summed E-state index contributed by atoms with van der Waals surface area (Å²) in [5.41, 5.74) is 4.59. The molecule has 0 saturated carbocycles. The molecular formula is C23H18FNO4. The van der Waals surface area contributed by atoms with E-state index in [-0.39, 0.29) is 18.2 Å². The van der Waals surface area contributed by atoms with Gasteiger partial charge in [-0.15, -0.1) is 0 Å². The normalized spacial score (nSPS) is 12.2. The number of carboxylic acid groups (broad SMARTS) is 1. The zero-order chi connectivity index (χ0) is 20.5. The first kappa shape index (κ1) is 18.7. The van der Waals surface area contributed by atoms with E-state index in [1.807, 2.05) is 48.5 Å². The lowest BCUT2D eigenvalue weighted by Crippen LogP contribution is -2.18. The highest BCUT2D eigenvalue weighted by Gasteiger charge is 2.29. The summed E-state index contributed by atoms with van der Waals surface area (Å²) in [7, 11) is 0. The number of halogens is 1.